The van der Waals surface area contributed by atoms with Gasteiger partial charge in [0, 0.05) is 18.9 Å². The van der Waals surface area contributed by atoms with E-state index in [1.165, 1.54) is 17.6 Å². The molecule has 0 aromatic carbocycles. The summed E-state index contributed by atoms with van der Waals surface area (Å²) in [5, 5.41) is 4.15. The van der Waals surface area contributed by atoms with Gasteiger partial charge in [-0.05, 0) is 42.0 Å². The van der Waals surface area contributed by atoms with Gasteiger partial charge in [-0.1, -0.05) is 17.7 Å². The van der Waals surface area contributed by atoms with Gasteiger partial charge in [-0.2, -0.15) is 0 Å². The largest absolute Gasteiger partial charge is 0.316 e. The lowest BCUT2D eigenvalue weighted by molar-refractivity contribution is 0.536. The molecule has 1 aliphatic carbocycles. The van der Waals surface area contributed by atoms with E-state index in [9.17, 15) is 0 Å². The number of nitrogens with one attached hydrogen (secondary N) is 1. The van der Waals surface area contributed by atoms with Crippen molar-refractivity contribution in [1.29, 1.82) is 0 Å². The second-order valence-corrected chi connectivity index (χ2v) is 4.81. The van der Waals surface area contributed by atoms with Crippen LogP contribution in [-0.2, 0) is 0 Å². The molecule has 0 spiro atoms. The molecule has 2 atom stereocenters. The first-order chi connectivity index (χ1) is 7.33. The summed E-state index contributed by atoms with van der Waals surface area (Å²) in [4.78, 5) is 4.13. The zero-order valence-corrected chi connectivity index (χ0v) is 9.17. The summed E-state index contributed by atoms with van der Waals surface area (Å²) < 4.78 is 0. The lowest BCUT2D eigenvalue weighted by atomic mass is 9.99. The number of hydrogen-bond acceptors (Lipinski definition) is 2. The minimum atomic E-state index is 0.721. The molecule has 1 aromatic heterocycles. The van der Waals surface area contributed by atoms with E-state index in [4.69, 9.17) is 11.6 Å². The molecule has 2 unspecified atom stereocenters. The Bertz CT molecular complexity index is 414. The minimum Gasteiger partial charge on any atom is -0.316 e. The van der Waals surface area contributed by atoms with Crippen LogP contribution < -0.4 is 5.32 Å². The monoisotopic (exact) mass is 220 g/mol. The van der Waals surface area contributed by atoms with Crippen molar-refractivity contribution in [3.63, 3.8) is 0 Å². The van der Waals surface area contributed by atoms with Crippen LogP contribution in [0.1, 0.15) is 12.0 Å². The van der Waals surface area contributed by atoms with Crippen LogP contribution >= 0.6 is 11.6 Å². The average Bonchev–Trinajstić information content (AvgIpc) is 2.76. The molecule has 3 heteroatoms. The van der Waals surface area contributed by atoms with Gasteiger partial charge in [-0.15, -0.1) is 0 Å². The summed E-state index contributed by atoms with van der Waals surface area (Å²) >= 11 is 5.94. The van der Waals surface area contributed by atoms with E-state index in [2.05, 4.69) is 16.4 Å². The van der Waals surface area contributed by atoms with Crippen molar-refractivity contribution in [2.24, 2.45) is 11.8 Å². The molecule has 3 rings (SSSR count). The van der Waals surface area contributed by atoms with Gasteiger partial charge in [0.1, 0.15) is 0 Å². The highest BCUT2D eigenvalue weighted by atomic mass is 35.5. The van der Waals surface area contributed by atoms with Crippen molar-refractivity contribution < 1.29 is 0 Å². The summed E-state index contributed by atoms with van der Waals surface area (Å²) in [5.74, 6) is 1.51. The first-order valence-electron chi connectivity index (χ1n) is 5.35. The fraction of sp³-hybridized carbons (Fsp3) is 0.417. The Morgan fingerprint density at radius 2 is 2.27 bits per heavy atom. The number of allylic oxidation sites excluding steroid dienone is 1. The molecule has 0 amide bonds. The molecule has 0 saturated carbocycles. The molecule has 78 valence electrons. The Morgan fingerprint density at radius 3 is 3.07 bits per heavy atom. The minimum absolute atomic E-state index is 0.721. The van der Waals surface area contributed by atoms with E-state index in [1.54, 1.807) is 6.20 Å². The van der Waals surface area contributed by atoms with Crippen molar-refractivity contribution in [3.8, 4) is 0 Å². The molecule has 2 aliphatic rings. The standard InChI is InChI=1S/C12H13ClN2/c13-12-3-11(6-15-7-12)8-1-9-4-14-5-10(9)2-8/h1,3,6-7,9-10,14H,2,4-5H2. The Kier molecular flexibility index (Phi) is 2.26. The quantitative estimate of drug-likeness (QED) is 0.786. The van der Waals surface area contributed by atoms with Gasteiger partial charge >= 0.3 is 0 Å². The Hall–Kier alpha value is -0.860. The molecule has 15 heavy (non-hydrogen) atoms. The summed E-state index contributed by atoms with van der Waals surface area (Å²) in [7, 11) is 0. The van der Waals surface area contributed by atoms with Gasteiger partial charge in [0.15, 0.2) is 0 Å². The molecule has 2 nitrogen and oxygen atoms in total. The van der Waals surface area contributed by atoms with Crippen LogP contribution in [0.5, 0.6) is 0 Å². The molecule has 0 radical (unpaired) electrons. The van der Waals surface area contributed by atoms with Crippen LogP contribution in [-0.4, -0.2) is 18.1 Å². The SMILES string of the molecule is Clc1cncc(C2=CC3CNCC3C2)c1. The van der Waals surface area contributed by atoms with Gasteiger partial charge in [0.2, 0.25) is 0 Å². The molecular formula is C12H13ClN2. The first-order valence-corrected chi connectivity index (χ1v) is 5.73. The van der Waals surface area contributed by atoms with Crippen LogP contribution in [0.25, 0.3) is 5.57 Å². The normalized spacial score (nSPS) is 29.0. The molecule has 1 fully saturated rings. The zero-order chi connectivity index (χ0) is 10.3. The smallest absolute Gasteiger partial charge is 0.0595 e. The van der Waals surface area contributed by atoms with Crippen molar-refractivity contribution in [2.75, 3.05) is 13.1 Å². The van der Waals surface area contributed by atoms with E-state index in [-0.39, 0.29) is 0 Å². The number of fused-ring (bicyclic) bond motifs is 1. The lowest BCUT2D eigenvalue weighted by Crippen LogP contribution is -2.09. The van der Waals surface area contributed by atoms with E-state index >= 15 is 0 Å². The molecule has 2 heterocycles. The Labute approximate surface area is 94.4 Å². The summed E-state index contributed by atoms with van der Waals surface area (Å²) in [5.41, 5.74) is 2.61. The van der Waals surface area contributed by atoms with Gasteiger partial charge in [0.05, 0.1) is 5.02 Å². The average molecular weight is 221 g/mol. The fourth-order valence-electron chi connectivity index (χ4n) is 2.58. The number of halogens is 1. The molecule has 1 saturated heterocycles. The first kappa shape index (κ1) is 9.37. The predicted octanol–water partition coefficient (Wildman–Crippen LogP) is 2.36. The van der Waals surface area contributed by atoms with Crippen molar-refractivity contribution in [2.45, 2.75) is 6.42 Å². The maximum atomic E-state index is 5.94. The summed E-state index contributed by atoms with van der Waals surface area (Å²) in [6.45, 7) is 2.28. The van der Waals surface area contributed by atoms with Crippen LogP contribution in [0, 0.1) is 11.8 Å². The second kappa shape index (κ2) is 3.62. The van der Waals surface area contributed by atoms with Crippen molar-refractivity contribution in [3.05, 3.63) is 35.1 Å². The molecule has 0 bridgehead atoms. The van der Waals surface area contributed by atoms with Gasteiger partial charge in [0.25, 0.3) is 0 Å². The second-order valence-electron chi connectivity index (χ2n) is 4.37. The van der Waals surface area contributed by atoms with Crippen molar-refractivity contribution in [1.82, 2.24) is 10.3 Å². The number of rotatable bonds is 1. The maximum absolute atomic E-state index is 5.94. The van der Waals surface area contributed by atoms with Gasteiger partial charge in [-0.3, -0.25) is 4.98 Å². The maximum Gasteiger partial charge on any atom is 0.0595 e. The zero-order valence-electron chi connectivity index (χ0n) is 8.41. The van der Waals surface area contributed by atoms with E-state index in [0.29, 0.717) is 0 Å². The number of hydrogen-bond donors (Lipinski definition) is 1. The van der Waals surface area contributed by atoms with E-state index < -0.39 is 0 Å². The highest BCUT2D eigenvalue weighted by Gasteiger charge is 2.31. The van der Waals surface area contributed by atoms with Gasteiger partial charge < -0.3 is 5.32 Å². The van der Waals surface area contributed by atoms with Gasteiger partial charge in [-0.25, -0.2) is 0 Å². The van der Waals surface area contributed by atoms with Crippen molar-refractivity contribution >= 4 is 17.2 Å². The topological polar surface area (TPSA) is 24.9 Å². The van der Waals surface area contributed by atoms with E-state index in [0.717, 1.165) is 29.9 Å². The highest BCUT2D eigenvalue weighted by molar-refractivity contribution is 6.30. The van der Waals surface area contributed by atoms with Crippen LogP contribution in [0.4, 0.5) is 0 Å². The van der Waals surface area contributed by atoms with E-state index in [1.807, 2.05) is 12.3 Å². The third-order valence-electron chi connectivity index (χ3n) is 3.37. The number of nitrogens with zero attached hydrogens (tertiary/aromatic N) is 1. The Morgan fingerprint density at radius 1 is 1.33 bits per heavy atom. The van der Waals surface area contributed by atoms with Crippen LogP contribution in [0.3, 0.4) is 0 Å². The number of pyridine rings is 1. The Balaban J connectivity index is 1.90. The molecular weight excluding hydrogens is 208 g/mol. The fourth-order valence-corrected chi connectivity index (χ4v) is 2.76. The predicted molar refractivity (Wildman–Crippen MR) is 61.7 cm³/mol. The lowest BCUT2D eigenvalue weighted by Gasteiger charge is -2.06. The summed E-state index contributed by atoms with van der Waals surface area (Å²) in [6.07, 6.45) is 7.15. The molecule has 1 aromatic rings. The summed E-state index contributed by atoms with van der Waals surface area (Å²) in [6, 6.07) is 2.01. The van der Waals surface area contributed by atoms with Crippen LogP contribution in [0.2, 0.25) is 5.02 Å². The van der Waals surface area contributed by atoms with Crippen LogP contribution in [0.15, 0.2) is 24.5 Å². The molecule has 1 aliphatic heterocycles. The molecule has 1 N–H and O–H groups in total. The highest BCUT2D eigenvalue weighted by Crippen LogP contribution is 2.38. The third kappa shape index (κ3) is 1.68. The third-order valence-corrected chi connectivity index (χ3v) is 3.57. The number of aromatic nitrogens is 1.